The van der Waals surface area contributed by atoms with Gasteiger partial charge in [0.25, 0.3) is 0 Å². The molecule has 2 rings (SSSR count). The molecule has 2 atom stereocenters. The van der Waals surface area contributed by atoms with E-state index in [1.807, 2.05) is 0 Å². The Hall–Kier alpha value is -3.71. The van der Waals surface area contributed by atoms with Crippen LogP contribution in [0.4, 0.5) is 0 Å². The summed E-state index contributed by atoms with van der Waals surface area (Å²) < 4.78 is 0. The molecule has 10 N–H and O–H groups in total. The number of rotatable bonds is 22. The zero-order valence-electron chi connectivity index (χ0n) is 26.9. The van der Waals surface area contributed by atoms with E-state index in [1.54, 1.807) is 24.3 Å². The summed E-state index contributed by atoms with van der Waals surface area (Å²) >= 11 is 0. The first-order valence-corrected chi connectivity index (χ1v) is 16.7. The number of amides is 4. The second-order valence-corrected chi connectivity index (χ2v) is 12.2. The van der Waals surface area contributed by atoms with E-state index in [0.29, 0.717) is 83.5 Å². The summed E-state index contributed by atoms with van der Waals surface area (Å²) in [5.74, 6) is -1.53. The molecule has 13 nitrogen and oxygen atoms in total. The second-order valence-electron chi connectivity index (χ2n) is 12.2. The molecular weight excluding hydrogens is 592 g/mol. The molecule has 4 amide bonds. The highest BCUT2D eigenvalue weighted by molar-refractivity contribution is 5.88. The third-order valence-corrected chi connectivity index (χ3v) is 8.42. The van der Waals surface area contributed by atoms with Gasteiger partial charge in [0.1, 0.15) is 17.8 Å². The van der Waals surface area contributed by atoms with Crippen LogP contribution in [-0.2, 0) is 30.4 Å². The number of aliphatic carboxylic acids is 1. The topological polar surface area (TPSA) is 226 Å². The van der Waals surface area contributed by atoms with Gasteiger partial charge in [0, 0.05) is 38.3 Å². The largest absolute Gasteiger partial charge is 0.508 e. The van der Waals surface area contributed by atoms with Gasteiger partial charge in [-0.15, -0.1) is 0 Å². The number of unbranched alkanes of at least 4 members (excludes halogenated alkanes) is 3. The van der Waals surface area contributed by atoms with Crippen LogP contribution >= 0.6 is 0 Å². The number of carbonyl (C=O) groups is 5. The molecule has 13 heteroatoms. The molecule has 0 saturated heterocycles. The van der Waals surface area contributed by atoms with Gasteiger partial charge in [0.05, 0.1) is 0 Å². The van der Waals surface area contributed by atoms with Crippen LogP contribution in [0, 0.1) is 11.8 Å². The number of carboxylic acid groups (broad SMARTS) is 1. The minimum absolute atomic E-state index is 0.115. The van der Waals surface area contributed by atoms with Gasteiger partial charge in [-0.1, -0.05) is 18.6 Å². The summed E-state index contributed by atoms with van der Waals surface area (Å²) in [5, 5.41) is 30.0. The van der Waals surface area contributed by atoms with Crippen molar-refractivity contribution in [1.82, 2.24) is 21.3 Å². The van der Waals surface area contributed by atoms with Crippen LogP contribution in [0.5, 0.6) is 5.75 Å². The van der Waals surface area contributed by atoms with Crippen LogP contribution in [0.2, 0.25) is 0 Å². The van der Waals surface area contributed by atoms with E-state index in [2.05, 4.69) is 21.3 Å². The lowest BCUT2D eigenvalue weighted by Gasteiger charge is -2.28. The van der Waals surface area contributed by atoms with Crippen molar-refractivity contribution in [3.63, 3.8) is 0 Å². The molecule has 46 heavy (non-hydrogen) atoms. The number of nitrogens with one attached hydrogen (secondary N) is 4. The molecule has 0 heterocycles. The van der Waals surface area contributed by atoms with Gasteiger partial charge in [-0.3, -0.25) is 19.2 Å². The number of phenolic OH excluding ortho intramolecular Hbond substituents is 1. The number of hydrogen-bond acceptors (Lipinski definition) is 8. The van der Waals surface area contributed by atoms with Crippen molar-refractivity contribution in [3.8, 4) is 5.75 Å². The highest BCUT2D eigenvalue weighted by Gasteiger charge is 2.29. The normalized spacial score (nSPS) is 17.3. The molecule has 0 unspecified atom stereocenters. The van der Waals surface area contributed by atoms with E-state index >= 15 is 0 Å². The van der Waals surface area contributed by atoms with Gasteiger partial charge < -0.3 is 42.9 Å². The van der Waals surface area contributed by atoms with Crippen LogP contribution in [0.25, 0.3) is 0 Å². The van der Waals surface area contributed by atoms with E-state index in [-0.39, 0.29) is 41.7 Å². The summed E-state index contributed by atoms with van der Waals surface area (Å²) in [6.07, 6.45) is 8.10. The molecule has 0 spiro atoms. The maximum atomic E-state index is 13.1. The highest BCUT2D eigenvalue weighted by Crippen LogP contribution is 2.28. The van der Waals surface area contributed by atoms with Gasteiger partial charge in [-0.25, -0.2) is 4.79 Å². The fourth-order valence-corrected chi connectivity index (χ4v) is 5.53. The van der Waals surface area contributed by atoms with Crippen LogP contribution < -0.4 is 32.7 Å². The molecule has 1 aromatic carbocycles. The Morgan fingerprint density at radius 3 is 2.09 bits per heavy atom. The third-order valence-electron chi connectivity index (χ3n) is 8.42. The summed E-state index contributed by atoms with van der Waals surface area (Å²) in [6, 6.07) is 4.88. The van der Waals surface area contributed by atoms with E-state index in [9.17, 15) is 34.2 Å². The van der Waals surface area contributed by atoms with Crippen molar-refractivity contribution < 1.29 is 34.2 Å². The average molecular weight is 647 g/mol. The molecule has 1 aliphatic rings. The number of nitrogens with two attached hydrogens (primary N) is 2. The first-order valence-electron chi connectivity index (χ1n) is 16.7. The van der Waals surface area contributed by atoms with Gasteiger partial charge >= 0.3 is 5.97 Å². The maximum Gasteiger partial charge on any atom is 0.326 e. The Morgan fingerprint density at radius 1 is 0.761 bits per heavy atom. The van der Waals surface area contributed by atoms with Crippen LogP contribution in [0.15, 0.2) is 24.3 Å². The Kier molecular flexibility index (Phi) is 18.3. The molecule has 0 bridgehead atoms. The number of aromatic hydroxyl groups is 1. The average Bonchev–Trinajstić information content (AvgIpc) is 3.04. The van der Waals surface area contributed by atoms with E-state index in [4.69, 9.17) is 11.5 Å². The van der Waals surface area contributed by atoms with Crippen molar-refractivity contribution in [2.45, 2.75) is 102 Å². The molecule has 0 aliphatic heterocycles. The van der Waals surface area contributed by atoms with E-state index < -0.39 is 18.1 Å². The zero-order valence-corrected chi connectivity index (χ0v) is 26.9. The van der Waals surface area contributed by atoms with Gasteiger partial charge in [-0.05, 0) is 101 Å². The molecule has 1 aromatic rings. The first-order chi connectivity index (χ1) is 22.1. The first kappa shape index (κ1) is 38.5. The van der Waals surface area contributed by atoms with Crippen molar-refractivity contribution in [2.24, 2.45) is 23.3 Å². The second kappa shape index (κ2) is 21.9. The number of phenols is 1. The lowest BCUT2D eigenvalue weighted by atomic mass is 9.81. The number of carbonyl (C=O) groups excluding carboxylic acids is 4. The summed E-state index contributed by atoms with van der Waals surface area (Å²) in [7, 11) is 0. The van der Waals surface area contributed by atoms with Gasteiger partial charge in [0.2, 0.25) is 23.6 Å². The maximum absolute atomic E-state index is 13.1. The fourth-order valence-electron chi connectivity index (χ4n) is 5.53. The van der Waals surface area contributed by atoms with Crippen molar-refractivity contribution in [3.05, 3.63) is 29.8 Å². The Balaban J connectivity index is 1.66. The molecule has 1 aliphatic carbocycles. The van der Waals surface area contributed by atoms with Crippen LogP contribution in [0.1, 0.15) is 89.0 Å². The van der Waals surface area contributed by atoms with Gasteiger partial charge in [-0.2, -0.15) is 0 Å². The smallest absolute Gasteiger partial charge is 0.326 e. The molecule has 258 valence electrons. The van der Waals surface area contributed by atoms with Crippen molar-refractivity contribution in [1.29, 1.82) is 0 Å². The molecular formula is C33H54N6O7. The lowest BCUT2D eigenvalue weighted by molar-refractivity contribution is -0.142. The standard InChI is InChI=1S/C33H54N6O7/c34-18-4-3-7-27(33(45)46)38-30(42)9-6-20-36-29(41)8-2-1-5-19-37-32(44)28(21-23-12-16-26(40)17-13-23)39-31(43)25-14-10-24(22-35)11-15-25/h12-13,16-17,24-25,27-28,40H,1-11,14-15,18-22,34-35H2,(H,36,41)(H,37,44)(H,38,42)(H,39,43)(H,45,46)/t24?,25?,27-,28-/m0/s1. The number of hydrogen-bond donors (Lipinski definition) is 8. The molecule has 0 radical (unpaired) electrons. The quantitative estimate of drug-likeness (QED) is 0.0852. The Bertz CT molecular complexity index is 1090. The predicted octanol–water partition coefficient (Wildman–Crippen LogP) is 1.46. The third kappa shape index (κ3) is 15.5. The SMILES string of the molecule is NCCCC[C@H](NC(=O)CCCNC(=O)CCCCCNC(=O)[C@H](Cc1ccc(O)cc1)NC(=O)C1CCC(CN)CC1)C(=O)O. The minimum Gasteiger partial charge on any atom is -0.508 e. The van der Waals surface area contributed by atoms with E-state index in [0.717, 1.165) is 37.7 Å². The lowest BCUT2D eigenvalue weighted by Crippen LogP contribution is -2.50. The monoisotopic (exact) mass is 646 g/mol. The highest BCUT2D eigenvalue weighted by atomic mass is 16.4. The molecule has 0 aromatic heterocycles. The fraction of sp³-hybridized carbons (Fsp3) is 0.667. The van der Waals surface area contributed by atoms with Crippen LogP contribution in [0.3, 0.4) is 0 Å². The summed E-state index contributed by atoms with van der Waals surface area (Å²) in [4.78, 5) is 61.7. The molecule has 1 fully saturated rings. The Labute approximate surface area is 272 Å². The van der Waals surface area contributed by atoms with Crippen molar-refractivity contribution in [2.75, 3.05) is 26.2 Å². The zero-order chi connectivity index (χ0) is 33.7. The number of carboxylic acids is 1. The minimum atomic E-state index is -1.07. The summed E-state index contributed by atoms with van der Waals surface area (Å²) in [6.45, 7) is 1.82. The van der Waals surface area contributed by atoms with Crippen LogP contribution in [-0.4, -0.2) is 78.1 Å². The summed E-state index contributed by atoms with van der Waals surface area (Å²) in [5.41, 5.74) is 12.0. The predicted molar refractivity (Wildman–Crippen MR) is 174 cm³/mol. The van der Waals surface area contributed by atoms with E-state index in [1.165, 1.54) is 0 Å². The Morgan fingerprint density at radius 2 is 1.43 bits per heavy atom. The van der Waals surface area contributed by atoms with Gasteiger partial charge in [0.15, 0.2) is 0 Å². The molecule has 1 saturated carbocycles. The van der Waals surface area contributed by atoms with Crippen molar-refractivity contribution >= 4 is 29.6 Å². The number of benzene rings is 1.